The van der Waals surface area contributed by atoms with E-state index in [1.165, 1.54) is 6.07 Å². The molecule has 0 saturated carbocycles. The molecule has 0 unspecified atom stereocenters. The zero-order valence-corrected chi connectivity index (χ0v) is 12.3. The molecule has 1 N–H and O–H groups in total. The number of anilines is 1. The average molecular weight is 316 g/mol. The summed E-state index contributed by atoms with van der Waals surface area (Å²) in [5.41, 5.74) is 0.514. The highest BCUT2D eigenvalue weighted by Gasteiger charge is 2.03. The van der Waals surface area contributed by atoms with Crippen molar-refractivity contribution >= 4 is 40.7 Å². The normalized spacial score (nSPS) is 10.5. The van der Waals surface area contributed by atoms with Gasteiger partial charge in [0.15, 0.2) is 0 Å². The van der Waals surface area contributed by atoms with Gasteiger partial charge in [0.25, 0.3) is 0 Å². The third kappa shape index (κ3) is 4.30. The summed E-state index contributed by atoms with van der Waals surface area (Å²) in [4.78, 5) is 0.935. The van der Waals surface area contributed by atoms with E-state index in [1.54, 1.807) is 42.1 Å². The van der Waals surface area contributed by atoms with E-state index >= 15 is 0 Å². The fourth-order valence-electron chi connectivity index (χ4n) is 1.54. The monoisotopic (exact) mass is 315 g/mol. The molecule has 0 aliphatic rings. The van der Waals surface area contributed by atoms with Gasteiger partial charge in [-0.15, -0.1) is 11.8 Å². The van der Waals surface area contributed by atoms with E-state index in [1.807, 2.05) is 6.07 Å². The van der Waals surface area contributed by atoms with Crippen LogP contribution in [-0.4, -0.2) is 12.3 Å². The Balaban J connectivity index is 1.84. The van der Waals surface area contributed by atoms with Crippen molar-refractivity contribution in [1.29, 1.82) is 0 Å². The second kappa shape index (κ2) is 7.04. The fourth-order valence-corrected chi connectivity index (χ4v) is 2.90. The quantitative estimate of drug-likeness (QED) is 0.590. The maximum atomic E-state index is 13.3. The average Bonchev–Trinajstić information content (AvgIpc) is 2.40. The molecule has 1 nitrogen and oxygen atoms in total. The third-order valence-electron chi connectivity index (χ3n) is 2.44. The number of thioether (sulfide) groups is 1. The lowest BCUT2D eigenvalue weighted by atomic mass is 10.3. The first-order chi connectivity index (χ1) is 9.16. The minimum absolute atomic E-state index is 0.242. The van der Waals surface area contributed by atoms with Crippen LogP contribution in [0.2, 0.25) is 10.0 Å². The highest BCUT2D eigenvalue weighted by atomic mass is 35.5. The topological polar surface area (TPSA) is 12.0 Å². The molecule has 2 aromatic carbocycles. The van der Waals surface area contributed by atoms with Crippen LogP contribution >= 0.6 is 35.0 Å². The molecule has 0 atom stereocenters. The summed E-state index contributed by atoms with van der Waals surface area (Å²) < 4.78 is 13.3. The molecule has 0 aliphatic carbocycles. The van der Waals surface area contributed by atoms with Crippen molar-refractivity contribution in [3.05, 3.63) is 58.3 Å². The van der Waals surface area contributed by atoms with Crippen LogP contribution < -0.4 is 5.32 Å². The van der Waals surface area contributed by atoms with E-state index in [-0.39, 0.29) is 5.82 Å². The molecule has 0 amide bonds. The lowest BCUT2D eigenvalue weighted by Crippen LogP contribution is -2.05. The van der Waals surface area contributed by atoms with Crippen LogP contribution in [0.3, 0.4) is 0 Å². The van der Waals surface area contributed by atoms with Gasteiger partial charge in [-0.1, -0.05) is 35.3 Å². The standard InChI is InChI=1S/C14H12Cl2FNS/c15-10-5-6-11(16)14(9-10)19-8-7-18-13-4-2-1-3-12(13)17/h1-6,9,18H,7-8H2. The zero-order valence-electron chi connectivity index (χ0n) is 10.00. The van der Waals surface area contributed by atoms with Crippen molar-refractivity contribution in [2.24, 2.45) is 0 Å². The van der Waals surface area contributed by atoms with Crippen LogP contribution in [0.15, 0.2) is 47.4 Å². The highest BCUT2D eigenvalue weighted by Crippen LogP contribution is 2.29. The van der Waals surface area contributed by atoms with E-state index in [0.717, 1.165) is 10.6 Å². The Morgan fingerprint density at radius 3 is 2.68 bits per heavy atom. The van der Waals surface area contributed by atoms with Crippen molar-refractivity contribution in [3.63, 3.8) is 0 Å². The van der Waals surface area contributed by atoms with Crippen LogP contribution in [0.1, 0.15) is 0 Å². The second-order valence-electron chi connectivity index (χ2n) is 3.83. The van der Waals surface area contributed by atoms with Crippen LogP contribution in [0.4, 0.5) is 10.1 Å². The Morgan fingerprint density at radius 1 is 1.11 bits per heavy atom. The van der Waals surface area contributed by atoms with Gasteiger partial charge in [-0.05, 0) is 30.3 Å². The van der Waals surface area contributed by atoms with Crippen molar-refractivity contribution in [2.45, 2.75) is 4.90 Å². The molecule has 0 bridgehead atoms. The van der Waals surface area contributed by atoms with Crippen LogP contribution in [-0.2, 0) is 0 Å². The predicted molar refractivity (Wildman–Crippen MR) is 82.1 cm³/mol. The molecule has 19 heavy (non-hydrogen) atoms. The lowest BCUT2D eigenvalue weighted by Gasteiger charge is -2.08. The molecular formula is C14H12Cl2FNS. The third-order valence-corrected chi connectivity index (χ3v) is 4.18. The molecule has 0 fully saturated rings. The molecule has 100 valence electrons. The van der Waals surface area contributed by atoms with E-state index in [0.29, 0.717) is 22.3 Å². The first kappa shape index (κ1) is 14.5. The summed E-state index contributed by atoms with van der Waals surface area (Å²) in [5, 5.41) is 4.39. The van der Waals surface area contributed by atoms with Gasteiger partial charge in [0, 0.05) is 22.2 Å². The Hall–Kier alpha value is -0.900. The smallest absolute Gasteiger partial charge is 0.146 e. The number of nitrogens with one attached hydrogen (secondary N) is 1. The number of hydrogen-bond donors (Lipinski definition) is 1. The van der Waals surface area contributed by atoms with Gasteiger partial charge in [-0.25, -0.2) is 4.39 Å². The Morgan fingerprint density at radius 2 is 1.89 bits per heavy atom. The van der Waals surface area contributed by atoms with Gasteiger partial charge in [0.1, 0.15) is 5.82 Å². The maximum Gasteiger partial charge on any atom is 0.146 e. The van der Waals surface area contributed by atoms with E-state index < -0.39 is 0 Å². The molecule has 0 aromatic heterocycles. The van der Waals surface area contributed by atoms with Crippen molar-refractivity contribution in [1.82, 2.24) is 0 Å². The minimum Gasteiger partial charge on any atom is -0.382 e. The minimum atomic E-state index is -0.242. The highest BCUT2D eigenvalue weighted by molar-refractivity contribution is 7.99. The van der Waals surface area contributed by atoms with Gasteiger partial charge in [0.2, 0.25) is 0 Å². The summed E-state index contributed by atoms with van der Waals surface area (Å²) in [6.45, 7) is 0.647. The Bertz CT molecular complexity index is 563. The molecule has 2 aromatic rings. The number of hydrogen-bond acceptors (Lipinski definition) is 2. The fraction of sp³-hybridized carbons (Fsp3) is 0.143. The van der Waals surface area contributed by atoms with E-state index in [2.05, 4.69) is 5.32 Å². The summed E-state index contributed by atoms with van der Waals surface area (Å²) >= 11 is 13.6. The molecule has 0 heterocycles. The molecule has 5 heteroatoms. The summed E-state index contributed by atoms with van der Waals surface area (Å²) in [6, 6.07) is 12.0. The first-order valence-corrected chi connectivity index (χ1v) is 7.47. The SMILES string of the molecule is Fc1ccccc1NCCSc1cc(Cl)ccc1Cl. The number of para-hydroxylation sites is 1. The van der Waals surface area contributed by atoms with E-state index in [4.69, 9.17) is 23.2 Å². The summed E-state index contributed by atoms with van der Waals surface area (Å²) in [6.07, 6.45) is 0. The number of rotatable bonds is 5. The number of halogens is 3. The Kier molecular flexibility index (Phi) is 5.37. The largest absolute Gasteiger partial charge is 0.382 e. The molecular weight excluding hydrogens is 304 g/mol. The van der Waals surface area contributed by atoms with Gasteiger partial charge in [0.05, 0.1) is 10.7 Å². The first-order valence-electron chi connectivity index (χ1n) is 5.73. The van der Waals surface area contributed by atoms with Crippen molar-refractivity contribution in [3.8, 4) is 0 Å². The maximum absolute atomic E-state index is 13.3. The molecule has 0 aliphatic heterocycles. The molecule has 0 spiro atoms. The van der Waals surface area contributed by atoms with Crippen molar-refractivity contribution in [2.75, 3.05) is 17.6 Å². The van der Waals surface area contributed by atoms with Gasteiger partial charge < -0.3 is 5.32 Å². The van der Waals surface area contributed by atoms with Crippen LogP contribution in [0, 0.1) is 5.82 Å². The number of benzene rings is 2. The predicted octanol–water partition coefficient (Wildman–Crippen LogP) is 5.34. The zero-order chi connectivity index (χ0) is 13.7. The van der Waals surface area contributed by atoms with Gasteiger partial charge >= 0.3 is 0 Å². The van der Waals surface area contributed by atoms with Gasteiger partial charge in [-0.2, -0.15) is 0 Å². The lowest BCUT2D eigenvalue weighted by molar-refractivity contribution is 0.630. The van der Waals surface area contributed by atoms with Crippen LogP contribution in [0.25, 0.3) is 0 Å². The van der Waals surface area contributed by atoms with E-state index in [9.17, 15) is 4.39 Å². The van der Waals surface area contributed by atoms with Crippen molar-refractivity contribution < 1.29 is 4.39 Å². The molecule has 0 saturated heterocycles. The Labute approximate surface area is 126 Å². The molecule has 2 rings (SSSR count). The van der Waals surface area contributed by atoms with Crippen LogP contribution in [0.5, 0.6) is 0 Å². The van der Waals surface area contributed by atoms with Gasteiger partial charge in [-0.3, -0.25) is 0 Å². The molecule has 0 radical (unpaired) electrons. The second-order valence-corrected chi connectivity index (χ2v) is 5.81. The summed E-state index contributed by atoms with van der Waals surface area (Å²) in [5.74, 6) is 0.530. The summed E-state index contributed by atoms with van der Waals surface area (Å²) in [7, 11) is 0.